The number of carbonyl (C=O) groups excluding carboxylic acids is 3. The SMILES string of the molecule is CC(C(=O)NOCc1ccccc1)N1C(=O)S/C(=C\c2ccc(F)cc2)C1=O. The van der Waals surface area contributed by atoms with Gasteiger partial charge in [0.1, 0.15) is 11.9 Å². The van der Waals surface area contributed by atoms with Gasteiger partial charge in [-0.2, -0.15) is 0 Å². The van der Waals surface area contributed by atoms with E-state index in [0.29, 0.717) is 5.56 Å². The Labute approximate surface area is 165 Å². The van der Waals surface area contributed by atoms with Gasteiger partial charge in [0.25, 0.3) is 17.1 Å². The van der Waals surface area contributed by atoms with Gasteiger partial charge in [-0.25, -0.2) is 9.87 Å². The van der Waals surface area contributed by atoms with Crippen LogP contribution in [0.2, 0.25) is 0 Å². The molecule has 3 amide bonds. The first kappa shape index (κ1) is 19.8. The first-order valence-electron chi connectivity index (χ1n) is 8.44. The number of nitrogens with zero attached hydrogens (tertiary/aromatic N) is 1. The van der Waals surface area contributed by atoms with Crippen molar-refractivity contribution in [1.29, 1.82) is 0 Å². The lowest BCUT2D eigenvalue weighted by Crippen LogP contribution is -2.47. The summed E-state index contributed by atoms with van der Waals surface area (Å²) in [4.78, 5) is 43.2. The Hall–Kier alpha value is -2.97. The lowest BCUT2D eigenvalue weighted by atomic mass is 10.2. The average molecular weight is 400 g/mol. The summed E-state index contributed by atoms with van der Waals surface area (Å²) >= 11 is 0.731. The van der Waals surface area contributed by atoms with Crippen molar-refractivity contribution in [2.75, 3.05) is 0 Å². The maximum atomic E-state index is 13.0. The van der Waals surface area contributed by atoms with Gasteiger partial charge in [0.15, 0.2) is 0 Å². The Bertz CT molecular complexity index is 916. The molecule has 3 rings (SSSR count). The van der Waals surface area contributed by atoms with Gasteiger partial charge in [0, 0.05) is 0 Å². The molecule has 1 aliphatic rings. The van der Waals surface area contributed by atoms with Crippen LogP contribution in [0.3, 0.4) is 0 Å². The molecule has 1 aliphatic heterocycles. The molecule has 1 unspecified atom stereocenters. The number of amides is 3. The van der Waals surface area contributed by atoms with E-state index in [0.717, 1.165) is 22.2 Å². The number of halogens is 1. The fourth-order valence-corrected chi connectivity index (χ4v) is 3.40. The highest BCUT2D eigenvalue weighted by molar-refractivity contribution is 8.18. The van der Waals surface area contributed by atoms with Crippen molar-refractivity contribution < 1.29 is 23.6 Å². The molecule has 2 aromatic carbocycles. The van der Waals surface area contributed by atoms with E-state index >= 15 is 0 Å². The lowest BCUT2D eigenvalue weighted by Gasteiger charge is -2.20. The van der Waals surface area contributed by atoms with E-state index in [1.807, 2.05) is 30.3 Å². The van der Waals surface area contributed by atoms with Gasteiger partial charge in [0.2, 0.25) is 0 Å². The Balaban J connectivity index is 1.61. The van der Waals surface area contributed by atoms with Crippen LogP contribution < -0.4 is 5.48 Å². The average Bonchev–Trinajstić information content (AvgIpc) is 2.97. The van der Waals surface area contributed by atoms with Crippen molar-refractivity contribution in [2.24, 2.45) is 0 Å². The molecule has 1 fully saturated rings. The van der Waals surface area contributed by atoms with Gasteiger partial charge in [-0.15, -0.1) is 0 Å². The second-order valence-electron chi connectivity index (χ2n) is 6.02. The first-order chi connectivity index (χ1) is 13.5. The van der Waals surface area contributed by atoms with E-state index in [9.17, 15) is 18.8 Å². The molecular formula is C20H17FN2O4S. The zero-order chi connectivity index (χ0) is 20.1. The zero-order valence-corrected chi connectivity index (χ0v) is 15.7. The molecule has 0 radical (unpaired) electrons. The third kappa shape index (κ3) is 4.65. The maximum absolute atomic E-state index is 13.0. The van der Waals surface area contributed by atoms with Gasteiger partial charge in [-0.1, -0.05) is 42.5 Å². The van der Waals surface area contributed by atoms with Gasteiger partial charge in [0.05, 0.1) is 11.5 Å². The molecule has 0 aromatic heterocycles. The normalized spacial score (nSPS) is 16.5. The molecule has 0 saturated carbocycles. The Kier molecular flexibility index (Phi) is 6.23. The van der Waals surface area contributed by atoms with Gasteiger partial charge in [-0.05, 0) is 48.0 Å². The third-order valence-corrected chi connectivity index (χ3v) is 4.90. The fourth-order valence-electron chi connectivity index (χ4n) is 2.49. The van der Waals surface area contributed by atoms with Crippen molar-refractivity contribution in [3.05, 3.63) is 76.4 Å². The number of rotatable bonds is 6. The number of hydrogen-bond donors (Lipinski definition) is 1. The topological polar surface area (TPSA) is 75.7 Å². The Morgan fingerprint density at radius 2 is 1.86 bits per heavy atom. The second kappa shape index (κ2) is 8.81. The fraction of sp³-hybridized carbons (Fsp3) is 0.150. The molecule has 1 N–H and O–H groups in total. The summed E-state index contributed by atoms with van der Waals surface area (Å²) in [5.74, 6) is -1.59. The molecule has 1 atom stereocenters. The van der Waals surface area contributed by atoms with Crippen LogP contribution in [0.4, 0.5) is 9.18 Å². The third-order valence-electron chi connectivity index (χ3n) is 4.01. The largest absolute Gasteiger partial charge is 0.294 e. The highest BCUT2D eigenvalue weighted by Crippen LogP contribution is 2.33. The molecule has 0 aliphatic carbocycles. The van der Waals surface area contributed by atoms with Gasteiger partial charge >= 0.3 is 0 Å². The number of imide groups is 1. The number of hydrogen-bond acceptors (Lipinski definition) is 5. The smallest absolute Gasteiger partial charge is 0.270 e. The number of hydroxylamine groups is 1. The molecule has 8 heteroatoms. The van der Waals surface area contributed by atoms with Crippen LogP contribution in [0.25, 0.3) is 6.08 Å². The van der Waals surface area contributed by atoms with Gasteiger partial charge < -0.3 is 0 Å². The summed E-state index contributed by atoms with van der Waals surface area (Å²) in [7, 11) is 0. The maximum Gasteiger partial charge on any atom is 0.294 e. The van der Waals surface area contributed by atoms with Crippen molar-refractivity contribution in [2.45, 2.75) is 19.6 Å². The predicted octanol–water partition coefficient (Wildman–Crippen LogP) is 3.50. The van der Waals surface area contributed by atoms with Crippen molar-refractivity contribution >= 4 is 34.9 Å². The standard InChI is InChI=1S/C20H17FN2O4S/c1-13(18(24)22-27-12-15-5-3-2-4-6-15)23-19(25)17(28-20(23)26)11-14-7-9-16(21)10-8-14/h2-11,13H,12H2,1H3,(H,22,24)/b17-11-. The minimum absolute atomic E-state index is 0.158. The van der Waals surface area contributed by atoms with Crippen LogP contribution >= 0.6 is 11.8 Å². The van der Waals surface area contributed by atoms with Crippen LogP contribution in [-0.2, 0) is 21.0 Å². The number of nitrogens with one attached hydrogen (secondary N) is 1. The quantitative estimate of drug-likeness (QED) is 0.593. The van der Waals surface area contributed by atoms with E-state index in [2.05, 4.69) is 5.48 Å². The van der Waals surface area contributed by atoms with Crippen LogP contribution in [-0.4, -0.2) is 28.0 Å². The molecule has 6 nitrogen and oxygen atoms in total. The highest BCUT2D eigenvalue weighted by atomic mass is 32.2. The summed E-state index contributed by atoms with van der Waals surface area (Å²) < 4.78 is 13.0. The summed E-state index contributed by atoms with van der Waals surface area (Å²) in [6, 6.07) is 13.7. The molecule has 0 bridgehead atoms. The zero-order valence-electron chi connectivity index (χ0n) is 14.9. The number of carbonyl (C=O) groups is 3. The molecule has 2 aromatic rings. The Morgan fingerprint density at radius 3 is 2.54 bits per heavy atom. The first-order valence-corrected chi connectivity index (χ1v) is 9.25. The van der Waals surface area contributed by atoms with E-state index in [4.69, 9.17) is 4.84 Å². The minimum atomic E-state index is -1.04. The summed E-state index contributed by atoms with van der Waals surface area (Å²) in [5, 5.41) is -0.552. The van der Waals surface area contributed by atoms with Crippen LogP contribution in [0.5, 0.6) is 0 Å². The summed E-state index contributed by atoms with van der Waals surface area (Å²) in [6.45, 7) is 1.60. The van der Waals surface area contributed by atoms with Crippen molar-refractivity contribution in [1.82, 2.24) is 10.4 Å². The summed E-state index contributed by atoms with van der Waals surface area (Å²) in [6.07, 6.45) is 1.49. The van der Waals surface area contributed by atoms with E-state index < -0.39 is 28.9 Å². The predicted molar refractivity (Wildman–Crippen MR) is 103 cm³/mol. The highest BCUT2D eigenvalue weighted by Gasteiger charge is 2.40. The second-order valence-corrected chi connectivity index (χ2v) is 7.01. The van der Waals surface area contributed by atoms with Crippen LogP contribution in [0.15, 0.2) is 59.5 Å². The number of benzene rings is 2. The molecule has 1 saturated heterocycles. The van der Waals surface area contributed by atoms with Crippen LogP contribution in [0.1, 0.15) is 18.1 Å². The lowest BCUT2D eigenvalue weighted by molar-refractivity contribution is -0.142. The van der Waals surface area contributed by atoms with Crippen molar-refractivity contribution in [3.63, 3.8) is 0 Å². The molecule has 1 heterocycles. The summed E-state index contributed by atoms with van der Waals surface area (Å²) in [5.41, 5.74) is 3.71. The number of thioether (sulfide) groups is 1. The molecular weight excluding hydrogens is 383 g/mol. The van der Waals surface area contributed by atoms with E-state index in [1.165, 1.54) is 37.3 Å². The monoisotopic (exact) mass is 400 g/mol. The Morgan fingerprint density at radius 1 is 1.18 bits per heavy atom. The molecule has 0 spiro atoms. The molecule has 28 heavy (non-hydrogen) atoms. The van der Waals surface area contributed by atoms with E-state index in [-0.39, 0.29) is 11.5 Å². The van der Waals surface area contributed by atoms with E-state index in [1.54, 1.807) is 0 Å². The van der Waals surface area contributed by atoms with Crippen LogP contribution in [0, 0.1) is 5.82 Å². The van der Waals surface area contributed by atoms with Crippen molar-refractivity contribution in [3.8, 4) is 0 Å². The minimum Gasteiger partial charge on any atom is -0.270 e. The molecule has 144 valence electrons. The van der Waals surface area contributed by atoms with Gasteiger partial charge in [-0.3, -0.25) is 24.1 Å².